The van der Waals surface area contributed by atoms with Gasteiger partial charge in [-0.25, -0.2) is 9.97 Å². The second kappa shape index (κ2) is 8.30. The van der Waals surface area contributed by atoms with Gasteiger partial charge in [0.2, 0.25) is 5.91 Å². The maximum atomic E-state index is 11.8. The molecule has 0 aromatic carbocycles. The van der Waals surface area contributed by atoms with Gasteiger partial charge in [-0.1, -0.05) is 6.92 Å². The number of anilines is 1. The predicted molar refractivity (Wildman–Crippen MR) is 121 cm³/mol. The number of carbonyl (C=O) groups is 1. The van der Waals surface area contributed by atoms with Crippen molar-refractivity contribution in [3.8, 4) is 11.4 Å². The summed E-state index contributed by atoms with van der Waals surface area (Å²) in [5.74, 6) is 2.67. The molecule has 3 aromatic rings. The Morgan fingerprint density at radius 2 is 2.23 bits per heavy atom. The second-order valence-corrected chi connectivity index (χ2v) is 9.52. The molecule has 1 amide bonds. The Bertz CT molecular complexity index is 1060. The van der Waals surface area contributed by atoms with E-state index in [2.05, 4.69) is 17.2 Å². The van der Waals surface area contributed by atoms with Crippen molar-refractivity contribution in [2.75, 3.05) is 25.0 Å². The van der Waals surface area contributed by atoms with E-state index in [1.54, 1.807) is 6.20 Å². The van der Waals surface area contributed by atoms with E-state index in [1.165, 1.54) is 22.2 Å². The summed E-state index contributed by atoms with van der Waals surface area (Å²) in [4.78, 5) is 30.4. The fourth-order valence-corrected chi connectivity index (χ4v) is 5.89. The molecule has 1 atom stereocenters. The van der Waals surface area contributed by atoms with E-state index in [0.717, 1.165) is 73.3 Å². The van der Waals surface area contributed by atoms with Gasteiger partial charge in [0.25, 0.3) is 0 Å². The van der Waals surface area contributed by atoms with Crippen LogP contribution in [0, 0.1) is 5.92 Å². The molecule has 1 saturated heterocycles. The average Bonchev–Trinajstić information content (AvgIpc) is 3.33. The lowest BCUT2D eigenvalue weighted by atomic mass is 9.89. The number of likely N-dealkylation sites (tertiary alicyclic amines) is 1. The first-order valence-electron chi connectivity index (χ1n) is 10.9. The molecule has 1 fully saturated rings. The van der Waals surface area contributed by atoms with Gasteiger partial charge >= 0.3 is 0 Å². The van der Waals surface area contributed by atoms with Crippen LogP contribution in [0.5, 0.6) is 0 Å². The minimum atomic E-state index is 0.291. The highest BCUT2D eigenvalue weighted by Gasteiger charge is 2.24. The van der Waals surface area contributed by atoms with Gasteiger partial charge in [0.05, 0.1) is 5.39 Å². The van der Waals surface area contributed by atoms with Crippen molar-refractivity contribution in [2.45, 2.75) is 45.4 Å². The molecule has 5 rings (SSSR count). The van der Waals surface area contributed by atoms with Crippen molar-refractivity contribution < 1.29 is 4.79 Å². The number of aromatic nitrogens is 3. The first-order valence-corrected chi connectivity index (χ1v) is 11.7. The first kappa shape index (κ1) is 19.4. The number of amides is 1. The molecular weight excluding hydrogens is 394 g/mol. The molecule has 1 aliphatic carbocycles. The number of nitrogens with one attached hydrogen (secondary N) is 1. The topological polar surface area (TPSA) is 71.0 Å². The molecule has 0 bridgehead atoms. The Morgan fingerprint density at radius 3 is 3.03 bits per heavy atom. The molecule has 1 aliphatic heterocycles. The molecule has 1 N–H and O–H groups in total. The number of hydrogen-bond donors (Lipinski definition) is 1. The summed E-state index contributed by atoms with van der Waals surface area (Å²) in [6.45, 7) is 4.84. The summed E-state index contributed by atoms with van der Waals surface area (Å²) >= 11 is 1.82. The van der Waals surface area contributed by atoms with E-state index in [4.69, 9.17) is 9.97 Å². The van der Waals surface area contributed by atoms with Crippen LogP contribution in [0.3, 0.4) is 0 Å². The minimum Gasteiger partial charge on any atom is -0.369 e. The lowest BCUT2D eigenvalue weighted by Crippen LogP contribution is -2.27. The van der Waals surface area contributed by atoms with Crippen LogP contribution in [-0.4, -0.2) is 45.4 Å². The number of fused-ring (bicyclic) bond motifs is 3. The molecule has 30 heavy (non-hydrogen) atoms. The van der Waals surface area contributed by atoms with Gasteiger partial charge in [-0.05, 0) is 55.7 Å². The lowest BCUT2D eigenvalue weighted by molar-refractivity contribution is -0.127. The van der Waals surface area contributed by atoms with Crippen LogP contribution in [-0.2, 0) is 17.6 Å². The SMILES string of the molecule is C[C@H]1CCc2c(sc3nc(-c4cccnc4)nc(NCCCN4CCCC4=O)c23)C1. The van der Waals surface area contributed by atoms with Crippen molar-refractivity contribution >= 4 is 33.3 Å². The molecule has 0 unspecified atom stereocenters. The van der Waals surface area contributed by atoms with Crippen LogP contribution in [0.25, 0.3) is 21.6 Å². The van der Waals surface area contributed by atoms with Gasteiger partial charge in [0.1, 0.15) is 10.6 Å². The highest BCUT2D eigenvalue weighted by Crippen LogP contribution is 2.40. The zero-order valence-electron chi connectivity index (χ0n) is 17.4. The highest BCUT2D eigenvalue weighted by molar-refractivity contribution is 7.19. The number of aryl methyl sites for hydroxylation is 1. The van der Waals surface area contributed by atoms with Crippen LogP contribution in [0.4, 0.5) is 5.82 Å². The van der Waals surface area contributed by atoms with Gasteiger partial charge < -0.3 is 10.2 Å². The maximum Gasteiger partial charge on any atom is 0.222 e. The Morgan fingerprint density at radius 1 is 1.30 bits per heavy atom. The molecule has 2 aliphatic rings. The monoisotopic (exact) mass is 421 g/mol. The fourth-order valence-electron chi connectivity index (χ4n) is 4.51. The third kappa shape index (κ3) is 3.78. The van der Waals surface area contributed by atoms with Crippen molar-refractivity contribution in [1.82, 2.24) is 19.9 Å². The van der Waals surface area contributed by atoms with Crippen LogP contribution < -0.4 is 5.32 Å². The molecule has 7 heteroatoms. The molecular formula is C23H27N5OS. The van der Waals surface area contributed by atoms with Crippen molar-refractivity contribution in [1.29, 1.82) is 0 Å². The van der Waals surface area contributed by atoms with Crippen LogP contribution in [0.1, 0.15) is 43.0 Å². The zero-order chi connectivity index (χ0) is 20.5. The average molecular weight is 422 g/mol. The van der Waals surface area contributed by atoms with Crippen molar-refractivity contribution in [3.05, 3.63) is 35.0 Å². The molecule has 4 heterocycles. The predicted octanol–water partition coefficient (Wildman–Crippen LogP) is 4.30. The standard InChI is InChI=1S/C23H27N5OS/c1-15-7-8-17-18(13-15)30-23-20(17)22(25-10-4-12-28-11-3-6-19(28)29)26-21(27-23)16-5-2-9-24-14-16/h2,5,9,14-15H,3-4,6-8,10-13H2,1H3,(H,25,26,27)/t15-/m0/s1. The van der Waals surface area contributed by atoms with E-state index >= 15 is 0 Å². The van der Waals surface area contributed by atoms with E-state index in [0.29, 0.717) is 12.3 Å². The number of nitrogens with zero attached hydrogens (tertiary/aromatic N) is 4. The summed E-state index contributed by atoms with van der Waals surface area (Å²) in [6.07, 6.45) is 9.66. The smallest absolute Gasteiger partial charge is 0.222 e. The highest BCUT2D eigenvalue weighted by atomic mass is 32.1. The largest absolute Gasteiger partial charge is 0.369 e. The molecule has 0 spiro atoms. The Kier molecular flexibility index (Phi) is 5.37. The van der Waals surface area contributed by atoms with Crippen LogP contribution in [0.2, 0.25) is 0 Å². The lowest BCUT2D eigenvalue weighted by Gasteiger charge is -2.19. The van der Waals surface area contributed by atoms with Gasteiger partial charge in [0, 0.05) is 48.9 Å². The minimum absolute atomic E-state index is 0.291. The number of rotatable bonds is 6. The molecule has 0 radical (unpaired) electrons. The normalized spacial score (nSPS) is 18.8. The summed E-state index contributed by atoms with van der Waals surface area (Å²) < 4.78 is 0. The van der Waals surface area contributed by atoms with Gasteiger partial charge in [-0.15, -0.1) is 11.3 Å². The van der Waals surface area contributed by atoms with Gasteiger partial charge in [0.15, 0.2) is 5.82 Å². The van der Waals surface area contributed by atoms with E-state index in [9.17, 15) is 4.79 Å². The third-order valence-electron chi connectivity index (χ3n) is 6.14. The van der Waals surface area contributed by atoms with Crippen LogP contribution >= 0.6 is 11.3 Å². The summed E-state index contributed by atoms with van der Waals surface area (Å²) in [5.41, 5.74) is 2.37. The van der Waals surface area contributed by atoms with E-state index < -0.39 is 0 Å². The number of carbonyl (C=O) groups excluding carboxylic acids is 1. The Hall–Kier alpha value is -2.54. The second-order valence-electron chi connectivity index (χ2n) is 8.43. The van der Waals surface area contributed by atoms with Crippen LogP contribution in [0.15, 0.2) is 24.5 Å². The first-order chi connectivity index (χ1) is 14.7. The van der Waals surface area contributed by atoms with Crippen molar-refractivity contribution in [2.24, 2.45) is 5.92 Å². The molecule has 6 nitrogen and oxygen atoms in total. The molecule has 156 valence electrons. The summed E-state index contributed by atoms with van der Waals surface area (Å²) in [6, 6.07) is 3.93. The maximum absolute atomic E-state index is 11.8. The molecule has 0 saturated carbocycles. The van der Waals surface area contributed by atoms with Gasteiger partial charge in [-0.2, -0.15) is 0 Å². The zero-order valence-corrected chi connectivity index (χ0v) is 18.2. The van der Waals surface area contributed by atoms with Gasteiger partial charge in [-0.3, -0.25) is 9.78 Å². The summed E-state index contributed by atoms with van der Waals surface area (Å²) in [7, 11) is 0. The number of thiophene rings is 1. The van der Waals surface area contributed by atoms with E-state index in [1.807, 2.05) is 34.6 Å². The third-order valence-corrected chi connectivity index (χ3v) is 7.29. The Balaban J connectivity index is 1.44. The Labute approximate surface area is 180 Å². The fraction of sp³-hybridized carbons (Fsp3) is 0.478. The quantitative estimate of drug-likeness (QED) is 0.601. The van der Waals surface area contributed by atoms with Crippen molar-refractivity contribution in [3.63, 3.8) is 0 Å². The number of pyridine rings is 1. The van der Waals surface area contributed by atoms with E-state index in [-0.39, 0.29) is 0 Å². The number of hydrogen-bond acceptors (Lipinski definition) is 6. The molecule has 3 aromatic heterocycles. The summed E-state index contributed by atoms with van der Waals surface area (Å²) in [5, 5.41) is 4.78.